The Kier molecular flexibility index (Phi) is 4.17. The van der Waals surface area contributed by atoms with Crippen molar-refractivity contribution in [3.63, 3.8) is 0 Å². The Morgan fingerprint density at radius 2 is 2.00 bits per heavy atom. The molecule has 2 N–H and O–H groups in total. The van der Waals surface area contributed by atoms with Gasteiger partial charge in [0.1, 0.15) is 5.76 Å². The molecule has 2 aromatic rings. The first-order chi connectivity index (χ1) is 12.8. The predicted molar refractivity (Wildman–Crippen MR) is 110 cm³/mol. The van der Waals surface area contributed by atoms with Crippen LogP contribution in [-0.2, 0) is 14.9 Å². The van der Waals surface area contributed by atoms with E-state index in [0.29, 0.717) is 0 Å². The first kappa shape index (κ1) is 17.9. The Hall–Kier alpha value is -2.49. The summed E-state index contributed by atoms with van der Waals surface area (Å²) in [6, 6.07) is 8.24. The third-order valence-corrected chi connectivity index (χ3v) is 5.76. The Labute approximate surface area is 160 Å². The largest absolute Gasteiger partial charge is 0.501 e. The van der Waals surface area contributed by atoms with Crippen molar-refractivity contribution in [2.24, 2.45) is 5.41 Å². The molecule has 2 aliphatic rings. The van der Waals surface area contributed by atoms with E-state index < -0.39 is 5.41 Å². The van der Waals surface area contributed by atoms with Crippen molar-refractivity contribution in [2.75, 3.05) is 12.4 Å². The third kappa shape index (κ3) is 3.18. The number of H-pyrrole nitrogens is 1. The molecule has 1 aromatic carbocycles. The molecule has 142 valence electrons. The zero-order valence-electron chi connectivity index (χ0n) is 16.6. The number of amides is 1. The van der Waals surface area contributed by atoms with Gasteiger partial charge in [0.2, 0.25) is 5.91 Å². The molecule has 4 nitrogen and oxygen atoms in total. The van der Waals surface area contributed by atoms with Gasteiger partial charge in [0.05, 0.1) is 12.5 Å². The lowest BCUT2D eigenvalue weighted by Gasteiger charge is -2.22. The van der Waals surface area contributed by atoms with Crippen LogP contribution in [0.2, 0.25) is 0 Å². The highest BCUT2D eigenvalue weighted by Crippen LogP contribution is 2.55. The first-order valence-electron chi connectivity index (χ1n) is 9.72. The standard InChI is InChI=1S/C23H28N2O2/c1-22(2,3)20-14-15-13-16(9-10-18(15)25-20)24-21(26)23(11-12-23)17-7-5-6-8-19(17)27-4/h5,7,9-10,13-14,25H,6,8,11-12H2,1-4H3,(H,24,26). The van der Waals surface area contributed by atoms with Gasteiger partial charge in [-0.1, -0.05) is 32.9 Å². The zero-order chi connectivity index (χ0) is 19.2. The molecule has 4 rings (SSSR count). The van der Waals surface area contributed by atoms with Crippen LogP contribution in [0.5, 0.6) is 0 Å². The van der Waals surface area contributed by atoms with E-state index in [0.717, 1.165) is 53.6 Å². The minimum absolute atomic E-state index is 0.0663. The molecule has 0 aliphatic heterocycles. The summed E-state index contributed by atoms with van der Waals surface area (Å²) in [6.45, 7) is 6.57. The third-order valence-electron chi connectivity index (χ3n) is 5.76. The smallest absolute Gasteiger partial charge is 0.235 e. The van der Waals surface area contributed by atoms with Crippen LogP contribution in [0.4, 0.5) is 5.69 Å². The van der Waals surface area contributed by atoms with Crippen molar-refractivity contribution in [2.45, 2.75) is 51.9 Å². The normalized spacial score (nSPS) is 18.7. The van der Waals surface area contributed by atoms with Gasteiger partial charge in [-0.25, -0.2) is 0 Å². The van der Waals surface area contributed by atoms with E-state index in [-0.39, 0.29) is 11.3 Å². The van der Waals surface area contributed by atoms with E-state index in [9.17, 15) is 4.79 Å². The van der Waals surface area contributed by atoms with Gasteiger partial charge in [-0.2, -0.15) is 0 Å². The van der Waals surface area contributed by atoms with Crippen molar-refractivity contribution in [1.29, 1.82) is 0 Å². The molecule has 1 heterocycles. The van der Waals surface area contributed by atoms with Crippen LogP contribution in [0.15, 0.2) is 47.7 Å². The van der Waals surface area contributed by atoms with Crippen LogP contribution in [0.3, 0.4) is 0 Å². The second-order valence-corrected chi connectivity index (χ2v) is 8.75. The van der Waals surface area contributed by atoms with E-state index in [1.807, 2.05) is 12.1 Å². The highest BCUT2D eigenvalue weighted by atomic mass is 16.5. The number of carbonyl (C=O) groups excluding carboxylic acids is 1. The fraction of sp³-hybridized carbons (Fsp3) is 0.435. The number of methoxy groups -OCH3 is 1. The number of fused-ring (bicyclic) bond motifs is 1. The van der Waals surface area contributed by atoms with Gasteiger partial charge < -0.3 is 15.0 Å². The highest BCUT2D eigenvalue weighted by Gasteiger charge is 2.53. The van der Waals surface area contributed by atoms with E-state index >= 15 is 0 Å². The number of aromatic amines is 1. The lowest BCUT2D eigenvalue weighted by atomic mass is 9.89. The van der Waals surface area contributed by atoms with Crippen LogP contribution < -0.4 is 5.32 Å². The monoisotopic (exact) mass is 364 g/mol. The fourth-order valence-corrected chi connectivity index (χ4v) is 3.89. The topological polar surface area (TPSA) is 54.1 Å². The summed E-state index contributed by atoms with van der Waals surface area (Å²) in [7, 11) is 1.70. The molecular weight excluding hydrogens is 336 g/mol. The van der Waals surface area contributed by atoms with Gasteiger partial charge in [0.25, 0.3) is 0 Å². The molecule has 0 radical (unpaired) electrons. The molecule has 27 heavy (non-hydrogen) atoms. The average molecular weight is 364 g/mol. The Morgan fingerprint density at radius 3 is 2.67 bits per heavy atom. The molecule has 4 heteroatoms. The number of hydrogen-bond donors (Lipinski definition) is 2. The number of carbonyl (C=O) groups is 1. The Bertz CT molecular complexity index is 952. The van der Waals surface area contributed by atoms with Crippen molar-refractivity contribution < 1.29 is 9.53 Å². The number of ether oxygens (including phenoxy) is 1. The van der Waals surface area contributed by atoms with Crippen LogP contribution in [-0.4, -0.2) is 18.0 Å². The first-order valence-corrected chi connectivity index (χ1v) is 9.72. The Morgan fingerprint density at radius 1 is 1.22 bits per heavy atom. The lowest BCUT2D eigenvalue weighted by molar-refractivity contribution is -0.119. The minimum atomic E-state index is -0.425. The highest BCUT2D eigenvalue weighted by molar-refractivity contribution is 6.01. The van der Waals surface area contributed by atoms with Crippen LogP contribution in [0.25, 0.3) is 10.9 Å². The second kappa shape index (κ2) is 6.29. The van der Waals surface area contributed by atoms with Crippen LogP contribution >= 0.6 is 0 Å². The number of allylic oxidation sites excluding steroid dienone is 3. The number of rotatable bonds is 4. The van der Waals surface area contributed by atoms with E-state index in [1.165, 1.54) is 5.69 Å². The molecule has 1 saturated carbocycles. The fourth-order valence-electron chi connectivity index (χ4n) is 3.89. The predicted octanol–water partition coefficient (Wildman–Crippen LogP) is 5.43. The van der Waals surface area contributed by atoms with Crippen molar-refractivity contribution in [1.82, 2.24) is 4.98 Å². The van der Waals surface area contributed by atoms with Gasteiger partial charge >= 0.3 is 0 Å². The number of nitrogens with one attached hydrogen (secondary N) is 2. The van der Waals surface area contributed by atoms with Gasteiger partial charge in [0, 0.05) is 39.7 Å². The van der Waals surface area contributed by atoms with Crippen LogP contribution in [0, 0.1) is 5.41 Å². The number of hydrogen-bond acceptors (Lipinski definition) is 2. The lowest BCUT2D eigenvalue weighted by Crippen LogP contribution is -2.27. The summed E-state index contributed by atoms with van der Waals surface area (Å²) < 4.78 is 5.57. The SMILES string of the molecule is COC1=C(C2(C(=O)Nc3ccc4[nH]c(C(C)(C)C)cc4c3)CC2)C=CCC1. The quantitative estimate of drug-likeness (QED) is 0.759. The number of aromatic nitrogens is 1. The summed E-state index contributed by atoms with van der Waals surface area (Å²) in [6.07, 6.45) is 7.84. The average Bonchev–Trinajstić information content (AvgIpc) is 3.33. The molecule has 1 fully saturated rings. The summed E-state index contributed by atoms with van der Waals surface area (Å²) in [5.41, 5.74) is 3.84. The molecule has 0 spiro atoms. The molecule has 0 atom stereocenters. The van der Waals surface area contributed by atoms with E-state index in [1.54, 1.807) is 7.11 Å². The maximum atomic E-state index is 13.1. The number of anilines is 1. The van der Waals surface area contributed by atoms with Crippen molar-refractivity contribution >= 4 is 22.5 Å². The molecule has 2 aliphatic carbocycles. The molecule has 0 saturated heterocycles. The van der Waals surface area contributed by atoms with Gasteiger partial charge in [-0.3, -0.25) is 4.79 Å². The zero-order valence-corrected chi connectivity index (χ0v) is 16.6. The molecule has 0 unspecified atom stereocenters. The maximum Gasteiger partial charge on any atom is 0.235 e. The van der Waals surface area contributed by atoms with Crippen LogP contribution in [0.1, 0.15) is 52.1 Å². The van der Waals surface area contributed by atoms with Crippen molar-refractivity contribution in [3.05, 3.63) is 53.4 Å². The summed E-state index contributed by atoms with van der Waals surface area (Å²) in [4.78, 5) is 16.6. The molecular formula is C23H28N2O2. The minimum Gasteiger partial charge on any atom is -0.501 e. The van der Waals surface area contributed by atoms with Gasteiger partial charge in [-0.15, -0.1) is 0 Å². The Balaban J connectivity index is 1.59. The molecule has 0 bridgehead atoms. The molecule has 1 amide bonds. The second-order valence-electron chi connectivity index (χ2n) is 8.75. The van der Waals surface area contributed by atoms with Gasteiger partial charge in [-0.05, 0) is 43.5 Å². The number of benzene rings is 1. The van der Waals surface area contributed by atoms with Crippen molar-refractivity contribution in [3.8, 4) is 0 Å². The summed E-state index contributed by atoms with van der Waals surface area (Å²) in [5, 5.41) is 4.27. The van der Waals surface area contributed by atoms with E-state index in [4.69, 9.17) is 4.74 Å². The summed E-state index contributed by atoms with van der Waals surface area (Å²) in [5.74, 6) is 1.03. The molecule has 1 aromatic heterocycles. The van der Waals surface area contributed by atoms with Gasteiger partial charge in [0.15, 0.2) is 0 Å². The maximum absolute atomic E-state index is 13.1. The van der Waals surface area contributed by atoms with E-state index in [2.05, 4.69) is 55.4 Å². The summed E-state index contributed by atoms with van der Waals surface area (Å²) >= 11 is 0.